The maximum absolute atomic E-state index is 6.27. The second kappa shape index (κ2) is 12.3. The van der Waals surface area contributed by atoms with Crippen LogP contribution in [0.4, 0.5) is 17.1 Å². The molecule has 0 bridgehead atoms. The molecule has 12 rings (SSSR count). The van der Waals surface area contributed by atoms with Gasteiger partial charge >= 0.3 is 0 Å². The molecule has 0 unspecified atom stereocenters. The number of fused-ring (bicyclic) bond motifs is 10. The molecule has 3 heteroatoms. The van der Waals surface area contributed by atoms with Crippen LogP contribution in [0.5, 0.6) is 0 Å². The lowest BCUT2D eigenvalue weighted by Gasteiger charge is -2.28. The summed E-state index contributed by atoms with van der Waals surface area (Å²) < 4.78 is 8.69. The molecule has 1 aliphatic rings. The summed E-state index contributed by atoms with van der Waals surface area (Å²) in [4.78, 5) is 2.39. The third kappa shape index (κ3) is 4.80. The van der Waals surface area contributed by atoms with Crippen LogP contribution in [-0.2, 0) is 5.41 Å². The van der Waals surface area contributed by atoms with E-state index in [2.05, 4.69) is 205 Å². The van der Waals surface area contributed by atoms with E-state index in [1.807, 2.05) is 12.1 Å². The van der Waals surface area contributed by atoms with E-state index in [9.17, 15) is 0 Å². The molecule has 0 aliphatic heterocycles. The van der Waals surface area contributed by atoms with Crippen molar-refractivity contribution < 1.29 is 4.42 Å². The fourth-order valence-corrected chi connectivity index (χ4v) is 9.75. The van der Waals surface area contributed by atoms with Crippen LogP contribution >= 0.6 is 0 Å². The van der Waals surface area contributed by atoms with Crippen LogP contribution < -0.4 is 4.90 Å². The van der Waals surface area contributed by atoms with Gasteiger partial charge in [-0.25, -0.2) is 0 Å². The van der Waals surface area contributed by atoms with Crippen LogP contribution in [-0.4, -0.2) is 4.57 Å². The van der Waals surface area contributed by atoms with Gasteiger partial charge in [0.25, 0.3) is 0 Å². The highest BCUT2D eigenvalue weighted by Crippen LogP contribution is 2.51. The Balaban J connectivity index is 0.993. The Morgan fingerprint density at radius 3 is 1.95 bits per heavy atom. The number of anilines is 3. The summed E-state index contributed by atoms with van der Waals surface area (Å²) in [5.41, 5.74) is 16.3. The zero-order valence-electron chi connectivity index (χ0n) is 32.3. The summed E-state index contributed by atoms with van der Waals surface area (Å²) in [6, 6.07) is 70.8. The summed E-state index contributed by atoms with van der Waals surface area (Å²) in [6.07, 6.45) is 0. The van der Waals surface area contributed by atoms with E-state index >= 15 is 0 Å². The first-order valence-electron chi connectivity index (χ1n) is 20.1. The Bertz CT molecular complexity index is 3430. The maximum atomic E-state index is 6.27. The fraction of sp³-hybridized carbons (Fsp3) is 0.0545. The highest BCUT2D eigenvalue weighted by molar-refractivity contribution is 6.12. The Labute approximate surface area is 336 Å². The van der Waals surface area contributed by atoms with Gasteiger partial charge in [-0.3, -0.25) is 0 Å². The number of para-hydroxylation sites is 2. The summed E-state index contributed by atoms with van der Waals surface area (Å²) >= 11 is 0. The quantitative estimate of drug-likeness (QED) is 0.175. The van der Waals surface area contributed by atoms with Crippen molar-refractivity contribution in [3.8, 4) is 27.9 Å². The highest BCUT2D eigenvalue weighted by atomic mass is 16.3. The maximum Gasteiger partial charge on any atom is 0.135 e. The van der Waals surface area contributed by atoms with E-state index in [-0.39, 0.29) is 5.41 Å². The van der Waals surface area contributed by atoms with Gasteiger partial charge < -0.3 is 13.9 Å². The number of hydrogen-bond donors (Lipinski definition) is 0. The number of nitrogens with zero attached hydrogens (tertiary/aromatic N) is 2. The van der Waals surface area contributed by atoms with E-state index in [1.54, 1.807) is 0 Å². The van der Waals surface area contributed by atoms with Crippen molar-refractivity contribution in [2.75, 3.05) is 4.90 Å². The van der Waals surface area contributed by atoms with Crippen LogP contribution in [0.3, 0.4) is 0 Å². The average molecular weight is 743 g/mol. The third-order valence-electron chi connectivity index (χ3n) is 12.6. The number of furan rings is 1. The molecule has 0 N–H and O–H groups in total. The fourth-order valence-electron chi connectivity index (χ4n) is 9.75. The Morgan fingerprint density at radius 1 is 0.414 bits per heavy atom. The summed E-state index contributed by atoms with van der Waals surface area (Å²) in [5.74, 6) is 0. The Morgan fingerprint density at radius 2 is 1.05 bits per heavy atom. The average Bonchev–Trinajstić information content (AvgIpc) is 3.89. The minimum Gasteiger partial charge on any atom is -0.456 e. The molecular weight excluding hydrogens is 705 g/mol. The molecule has 0 saturated heterocycles. The first kappa shape index (κ1) is 32.8. The lowest BCUT2D eigenvalue weighted by Crippen LogP contribution is -2.16. The smallest absolute Gasteiger partial charge is 0.135 e. The van der Waals surface area contributed by atoms with E-state index in [0.717, 1.165) is 39.0 Å². The lowest BCUT2D eigenvalue weighted by atomic mass is 9.82. The molecule has 11 aromatic rings. The monoisotopic (exact) mass is 742 g/mol. The minimum absolute atomic E-state index is 0.114. The second-order valence-electron chi connectivity index (χ2n) is 16.1. The predicted molar refractivity (Wildman–Crippen MR) is 243 cm³/mol. The van der Waals surface area contributed by atoms with Gasteiger partial charge in [-0.05, 0) is 112 Å². The molecule has 0 radical (unpaired) electrons. The van der Waals surface area contributed by atoms with Crippen molar-refractivity contribution >= 4 is 71.6 Å². The molecule has 0 atom stereocenters. The van der Waals surface area contributed by atoms with Crippen LogP contribution in [0.25, 0.3) is 82.5 Å². The first-order chi connectivity index (χ1) is 28.5. The zero-order valence-corrected chi connectivity index (χ0v) is 32.3. The van der Waals surface area contributed by atoms with Crippen molar-refractivity contribution in [3.63, 3.8) is 0 Å². The van der Waals surface area contributed by atoms with Gasteiger partial charge in [0.2, 0.25) is 0 Å². The molecule has 0 spiro atoms. The Hall–Kier alpha value is -7.36. The van der Waals surface area contributed by atoms with Gasteiger partial charge in [-0.2, -0.15) is 0 Å². The molecule has 274 valence electrons. The topological polar surface area (TPSA) is 21.3 Å². The van der Waals surface area contributed by atoms with Crippen molar-refractivity contribution in [2.45, 2.75) is 19.3 Å². The van der Waals surface area contributed by atoms with E-state index in [4.69, 9.17) is 4.42 Å². The zero-order chi connectivity index (χ0) is 38.5. The molecule has 2 aromatic heterocycles. The van der Waals surface area contributed by atoms with Crippen molar-refractivity contribution in [1.82, 2.24) is 4.57 Å². The molecule has 0 saturated carbocycles. The highest BCUT2D eigenvalue weighted by Gasteiger charge is 2.35. The molecule has 2 heterocycles. The normalized spacial score (nSPS) is 13.1. The van der Waals surface area contributed by atoms with E-state index < -0.39 is 0 Å². The third-order valence-corrected chi connectivity index (χ3v) is 12.6. The molecule has 58 heavy (non-hydrogen) atoms. The van der Waals surface area contributed by atoms with Gasteiger partial charge in [-0.15, -0.1) is 0 Å². The lowest BCUT2D eigenvalue weighted by molar-refractivity contribution is 0.660. The molecule has 3 nitrogen and oxygen atoms in total. The van der Waals surface area contributed by atoms with E-state index in [0.29, 0.717) is 0 Å². The minimum atomic E-state index is -0.114. The number of benzene rings is 9. The number of aromatic nitrogens is 1. The van der Waals surface area contributed by atoms with E-state index in [1.165, 1.54) is 71.6 Å². The predicted octanol–water partition coefficient (Wildman–Crippen LogP) is 15.3. The summed E-state index contributed by atoms with van der Waals surface area (Å²) in [6.45, 7) is 4.70. The SMILES string of the molecule is CC1(C)c2ccccc2-c2ccc(N(c3ccc(-c4ccc5c(c4)c4ccccc4n5-c4cccc5ccccc45)cc3)c3ccc4oc5ccccc5c4c3)cc21. The summed E-state index contributed by atoms with van der Waals surface area (Å²) in [5, 5.41) is 7.21. The largest absolute Gasteiger partial charge is 0.456 e. The second-order valence-corrected chi connectivity index (χ2v) is 16.1. The van der Waals surface area contributed by atoms with Crippen molar-refractivity contribution in [2.24, 2.45) is 0 Å². The van der Waals surface area contributed by atoms with Crippen LogP contribution in [0.1, 0.15) is 25.0 Å². The van der Waals surface area contributed by atoms with Gasteiger partial charge in [0.1, 0.15) is 11.2 Å². The van der Waals surface area contributed by atoms with Crippen molar-refractivity contribution in [1.29, 1.82) is 0 Å². The molecular formula is C55H38N2O. The van der Waals surface area contributed by atoms with Gasteiger partial charge in [0.15, 0.2) is 0 Å². The van der Waals surface area contributed by atoms with Crippen LogP contribution in [0.2, 0.25) is 0 Å². The Kier molecular flexibility index (Phi) is 6.98. The molecule has 9 aromatic carbocycles. The number of hydrogen-bond acceptors (Lipinski definition) is 2. The van der Waals surface area contributed by atoms with Crippen LogP contribution in [0, 0.1) is 0 Å². The van der Waals surface area contributed by atoms with Gasteiger partial charge in [0.05, 0.1) is 16.7 Å². The molecule has 0 amide bonds. The van der Waals surface area contributed by atoms with Crippen LogP contribution in [0.15, 0.2) is 199 Å². The van der Waals surface area contributed by atoms with Gasteiger partial charge in [0, 0.05) is 49.4 Å². The molecule has 1 aliphatic carbocycles. The first-order valence-corrected chi connectivity index (χ1v) is 20.1. The molecule has 0 fully saturated rings. The van der Waals surface area contributed by atoms with Gasteiger partial charge in [-0.1, -0.05) is 135 Å². The standard InChI is InChI=1S/C55H38N2O/c1-55(2)48-18-8-5-15-42(48)43-29-27-40(34-49(43)55)56(39-28-31-54-47(33-39)45-17-7-10-21-53(45)58-54)38-25-22-35(23-26-38)37-24-30-52-46(32-37)44-16-6-9-19-51(44)57(52)50-20-11-13-36-12-3-4-14-41(36)50/h3-34H,1-2H3. The van der Waals surface area contributed by atoms with Crippen molar-refractivity contribution in [3.05, 3.63) is 205 Å². The summed E-state index contributed by atoms with van der Waals surface area (Å²) in [7, 11) is 0. The number of rotatable bonds is 5.